The highest BCUT2D eigenvalue weighted by Gasteiger charge is 2.21. The summed E-state index contributed by atoms with van der Waals surface area (Å²) in [7, 11) is 1.75. The summed E-state index contributed by atoms with van der Waals surface area (Å²) in [6, 6.07) is 3.80. The number of nitrogens with zero attached hydrogens (tertiary/aromatic N) is 4. The maximum Gasteiger partial charge on any atom is 0.273 e. The minimum atomic E-state index is -0.142. The van der Waals surface area contributed by atoms with Gasteiger partial charge in [0.05, 0.1) is 11.8 Å². The maximum absolute atomic E-state index is 12.2. The lowest BCUT2D eigenvalue weighted by Crippen LogP contribution is -2.38. The number of amides is 1. The van der Waals surface area contributed by atoms with Gasteiger partial charge in [-0.3, -0.25) is 9.48 Å². The van der Waals surface area contributed by atoms with Crippen molar-refractivity contribution in [1.82, 2.24) is 14.7 Å². The number of carbonyl (C=O) groups excluding carboxylic acids is 1. The van der Waals surface area contributed by atoms with Crippen molar-refractivity contribution in [2.75, 3.05) is 6.54 Å². The predicted octanol–water partition coefficient (Wildman–Crippen LogP) is 1.36. The molecular weight excluding hydrogens is 216 g/mol. The highest BCUT2D eigenvalue weighted by molar-refractivity contribution is 5.93. The van der Waals surface area contributed by atoms with Gasteiger partial charge in [0.15, 0.2) is 0 Å². The monoisotopic (exact) mass is 234 g/mol. The summed E-state index contributed by atoms with van der Waals surface area (Å²) in [6.07, 6.45) is 0.793. The van der Waals surface area contributed by atoms with Gasteiger partial charge in [-0.2, -0.15) is 10.4 Å². The van der Waals surface area contributed by atoms with Gasteiger partial charge >= 0.3 is 0 Å². The molecule has 1 aromatic heterocycles. The van der Waals surface area contributed by atoms with E-state index in [-0.39, 0.29) is 18.5 Å². The summed E-state index contributed by atoms with van der Waals surface area (Å²) in [5.41, 5.74) is 1.42. The molecular formula is C12H18N4O. The molecule has 1 rings (SSSR count). The quantitative estimate of drug-likeness (QED) is 0.739. The number of rotatable bonds is 4. The highest BCUT2D eigenvalue weighted by Crippen LogP contribution is 2.10. The number of hydrogen-bond donors (Lipinski definition) is 0. The van der Waals surface area contributed by atoms with Crippen molar-refractivity contribution in [2.45, 2.75) is 33.2 Å². The van der Waals surface area contributed by atoms with Crippen LogP contribution in [0.1, 0.15) is 37.0 Å². The molecule has 0 atom stereocenters. The van der Waals surface area contributed by atoms with Gasteiger partial charge in [0.25, 0.3) is 5.91 Å². The Kier molecular flexibility index (Phi) is 4.27. The van der Waals surface area contributed by atoms with E-state index in [1.165, 1.54) is 4.90 Å². The third-order valence-electron chi connectivity index (χ3n) is 2.64. The molecule has 5 heteroatoms. The van der Waals surface area contributed by atoms with Gasteiger partial charge in [0, 0.05) is 13.1 Å². The Morgan fingerprint density at radius 2 is 2.29 bits per heavy atom. The Morgan fingerprint density at radius 1 is 1.65 bits per heavy atom. The van der Waals surface area contributed by atoms with E-state index in [1.807, 2.05) is 26.8 Å². The SMILES string of the molecule is CCc1cc(C(=O)N(CC#N)C(C)C)n(C)n1. The minimum absolute atomic E-state index is 0.00197. The minimum Gasteiger partial charge on any atom is -0.322 e. The van der Waals surface area contributed by atoms with Crippen LogP contribution >= 0.6 is 0 Å². The second-order valence-corrected chi connectivity index (χ2v) is 4.18. The lowest BCUT2D eigenvalue weighted by Gasteiger charge is -2.23. The first-order valence-electron chi connectivity index (χ1n) is 5.72. The topological polar surface area (TPSA) is 61.9 Å². The highest BCUT2D eigenvalue weighted by atomic mass is 16.2. The second-order valence-electron chi connectivity index (χ2n) is 4.18. The molecule has 0 bridgehead atoms. The summed E-state index contributed by atoms with van der Waals surface area (Å²) in [5, 5.41) is 13.0. The van der Waals surface area contributed by atoms with Crippen molar-refractivity contribution in [3.63, 3.8) is 0 Å². The molecule has 0 spiro atoms. The van der Waals surface area contributed by atoms with Gasteiger partial charge in [0.2, 0.25) is 0 Å². The summed E-state index contributed by atoms with van der Waals surface area (Å²) in [4.78, 5) is 13.8. The smallest absolute Gasteiger partial charge is 0.273 e. The van der Waals surface area contributed by atoms with E-state index in [2.05, 4.69) is 5.10 Å². The van der Waals surface area contributed by atoms with Gasteiger partial charge in [-0.1, -0.05) is 6.92 Å². The fourth-order valence-corrected chi connectivity index (χ4v) is 1.61. The van der Waals surface area contributed by atoms with Gasteiger partial charge in [0.1, 0.15) is 12.2 Å². The van der Waals surface area contributed by atoms with Crippen LogP contribution in [-0.4, -0.2) is 33.2 Å². The molecule has 1 heterocycles. The van der Waals surface area contributed by atoms with Crippen molar-refractivity contribution < 1.29 is 4.79 Å². The van der Waals surface area contributed by atoms with Crippen molar-refractivity contribution in [3.05, 3.63) is 17.5 Å². The van der Waals surface area contributed by atoms with Gasteiger partial charge in [-0.05, 0) is 26.3 Å². The van der Waals surface area contributed by atoms with Crippen molar-refractivity contribution >= 4 is 5.91 Å². The van der Waals surface area contributed by atoms with E-state index in [1.54, 1.807) is 17.8 Å². The number of aryl methyl sites for hydroxylation is 2. The fraction of sp³-hybridized carbons (Fsp3) is 0.583. The number of aromatic nitrogens is 2. The molecule has 0 aliphatic heterocycles. The summed E-state index contributed by atoms with van der Waals surface area (Å²) in [5.74, 6) is -0.142. The Bertz CT molecular complexity index is 442. The van der Waals surface area contributed by atoms with Crippen LogP contribution in [0.15, 0.2) is 6.07 Å². The average molecular weight is 234 g/mol. The molecule has 0 saturated heterocycles. The Balaban J connectivity index is 3.01. The van der Waals surface area contributed by atoms with E-state index in [9.17, 15) is 4.79 Å². The van der Waals surface area contributed by atoms with Crippen LogP contribution in [0.3, 0.4) is 0 Å². The molecule has 1 aromatic rings. The molecule has 0 aromatic carbocycles. The number of hydrogen-bond acceptors (Lipinski definition) is 3. The van der Waals surface area contributed by atoms with E-state index in [0.29, 0.717) is 5.69 Å². The van der Waals surface area contributed by atoms with Crippen LogP contribution in [0.4, 0.5) is 0 Å². The summed E-state index contributed by atoms with van der Waals surface area (Å²) in [6.45, 7) is 5.88. The van der Waals surface area contributed by atoms with Crippen molar-refractivity contribution in [2.24, 2.45) is 7.05 Å². The first-order valence-corrected chi connectivity index (χ1v) is 5.72. The Hall–Kier alpha value is -1.83. The normalized spacial score (nSPS) is 10.4. The van der Waals surface area contributed by atoms with E-state index in [0.717, 1.165) is 12.1 Å². The van der Waals surface area contributed by atoms with E-state index in [4.69, 9.17) is 5.26 Å². The molecule has 0 saturated carbocycles. The Morgan fingerprint density at radius 3 is 2.71 bits per heavy atom. The zero-order valence-corrected chi connectivity index (χ0v) is 10.8. The van der Waals surface area contributed by atoms with Crippen LogP contribution in [0, 0.1) is 11.3 Å². The maximum atomic E-state index is 12.2. The molecule has 5 nitrogen and oxygen atoms in total. The summed E-state index contributed by atoms with van der Waals surface area (Å²) >= 11 is 0. The van der Waals surface area contributed by atoms with Crippen LogP contribution in [0.5, 0.6) is 0 Å². The predicted molar refractivity (Wildman–Crippen MR) is 64.4 cm³/mol. The fourth-order valence-electron chi connectivity index (χ4n) is 1.61. The first-order chi connectivity index (χ1) is 8.01. The molecule has 1 amide bonds. The molecule has 0 unspecified atom stereocenters. The molecule has 92 valence electrons. The van der Waals surface area contributed by atoms with Crippen LogP contribution in [-0.2, 0) is 13.5 Å². The summed E-state index contributed by atoms with van der Waals surface area (Å²) < 4.78 is 1.58. The first kappa shape index (κ1) is 13.2. The molecule has 0 fully saturated rings. The van der Waals surface area contributed by atoms with Crippen LogP contribution in [0.2, 0.25) is 0 Å². The van der Waals surface area contributed by atoms with Crippen LogP contribution < -0.4 is 0 Å². The van der Waals surface area contributed by atoms with Gasteiger partial charge in [-0.15, -0.1) is 0 Å². The van der Waals surface area contributed by atoms with E-state index >= 15 is 0 Å². The average Bonchev–Trinajstić information content (AvgIpc) is 2.66. The molecule has 17 heavy (non-hydrogen) atoms. The molecule has 0 N–H and O–H groups in total. The van der Waals surface area contributed by atoms with Gasteiger partial charge < -0.3 is 4.90 Å². The largest absolute Gasteiger partial charge is 0.322 e. The lowest BCUT2D eigenvalue weighted by molar-refractivity contribution is 0.0720. The zero-order chi connectivity index (χ0) is 13.0. The lowest BCUT2D eigenvalue weighted by atomic mass is 10.2. The second kappa shape index (κ2) is 5.48. The molecule has 0 aliphatic rings. The zero-order valence-electron chi connectivity index (χ0n) is 10.8. The standard InChI is InChI=1S/C12H18N4O/c1-5-10-8-11(15(4)14-10)12(17)16(7-6-13)9(2)3/h8-9H,5,7H2,1-4H3. The van der Waals surface area contributed by atoms with Crippen LogP contribution in [0.25, 0.3) is 0 Å². The van der Waals surface area contributed by atoms with Crippen molar-refractivity contribution in [3.8, 4) is 6.07 Å². The third-order valence-corrected chi connectivity index (χ3v) is 2.64. The number of nitriles is 1. The van der Waals surface area contributed by atoms with E-state index < -0.39 is 0 Å². The Labute approximate surface area is 102 Å². The van der Waals surface area contributed by atoms with Crippen molar-refractivity contribution in [1.29, 1.82) is 5.26 Å². The molecule has 0 radical (unpaired) electrons. The number of carbonyl (C=O) groups is 1. The molecule has 0 aliphatic carbocycles. The third kappa shape index (κ3) is 2.84. The van der Waals surface area contributed by atoms with Gasteiger partial charge in [-0.25, -0.2) is 0 Å².